The first-order valence-corrected chi connectivity index (χ1v) is 12.3. The number of carbonyl (C=O) groups is 2. The summed E-state index contributed by atoms with van der Waals surface area (Å²) in [5, 5.41) is 0.148. The van der Waals surface area contributed by atoms with Crippen LogP contribution in [0.4, 0.5) is 4.79 Å². The zero-order valence-corrected chi connectivity index (χ0v) is 21.3. The van der Waals surface area contributed by atoms with Gasteiger partial charge in [0.2, 0.25) is 0 Å². The van der Waals surface area contributed by atoms with E-state index in [0.717, 1.165) is 37.4 Å². The molecular weight excluding hydrogens is 578 g/mol. The molecule has 1 fully saturated rings. The zero-order chi connectivity index (χ0) is 22.7. The number of halogens is 3. The molecule has 0 aromatic heterocycles. The van der Waals surface area contributed by atoms with Crippen molar-refractivity contribution < 1.29 is 14.3 Å². The van der Waals surface area contributed by atoms with Gasteiger partial charge in [-0.2, -0.15) is 0 Å². The summed E-state index contributed by atoms with van der Waals surface area (Å²) < 4.78 is 7.76. The van der Waals surface area contributed by atoms with Crippen molar-refractivity contribution in [1.82, 2.24) is 4.90 Å². The van der Waals surface area contributed by atoms with Crippen molar-refractivity contribution in [3.05, 3.63) is 102 Å². The average molecular weight is 594 g/mol. The minimum Gasteiger partial charge on any atom is -0.487 e. The summed E-state index contributed by atoms with van der Waals surface area (Å²) in [6.45, 7) is 0.625. The fourth-order valence-corrected chi connectivity index (χ4v) is 4.64. The Bertz CT molecular complexity index is 1200. The van der Waals surface area contributed by atoms with Crippen molar-refractivity contribution in [2.24, 2.45) is 0 Å². The molecule has 1 aliphatic heterocycles. The standard InChI is InChI=1S/C24H16Br2ClNO3S/c25-18-6-1-15(2-7-18)13-28-23(29)22(32-24(28)30)12-17-5-10-21(20(27)11-17)31-14-16-3-8-19(26)9-4-16/h1-12H,13-14H2/b22-12-. The van der Waals surface area contributed by atoms with E-state index in [4.69, 9.17) is 16.3 Å². The molecule has 32 heavy (non-hydrogen) atoms. The van der Waals surface area contributed by atoms with Crippen LogP contribution in [0.15, 0.2) is 80.6 Å². The predicted molar refractivity (Wildman–Crippen MR) is 136 cm³/mol. The number of ether oxygens (including phenoxy) is 1. The molecular formula is C24H16Br2ClNO3S. The largest absolute Gasteiger partial charge is 0.487 e. The maximum absolute atomic E-state index is 12.8. The Kier molecular flexibility index (Phi) is 7.40. The topological polar surface area (TPSA) is 46.6 Å². The number of carbonyl (C=O) groups excluding carboxylic acids is 2. The van der Waals surface area contributed by atoms with Crippen LogP contribution in [0.25, 0.3) is 6.08 Å². The molecule has 0 spiro atoms. The first-order chi connectivity index (χ1) is 15.4. The summed E-state index contributed by atoms with van der Waals surface area (Å²) in [5.41, 5.74) is 2.62. The van der Waals surface area contributed by atoms with E-state index in [2.05, 4.69) is 31.9 Å². The second-order valence-corrected chi connectivity index (χ2v) is 10.2. The van der Waals surface area contributed by atoms with Gasteiger partial charge in [0.05, 0.1) is 16.5 Å². The molecule has 0 bridgehead atoms. The Morgan fingerprint density at radius 2 is 1.53 bits per heavy atom. The predicted octanol–water partition coefficient (Wildman–Crippen LogP) is 7.68. The van der Waals surface area contributed by atoms with E-state index >= 15 is 0 Å². The van der Waals surface area contributed by atoms with Gasteiger partial charge in [-0.15, -0.1) is 0 Å². The van der Waals surface area contributed by atoms with Crippen LogP contribution in [0.2, 0.25) is 5.02 Å². The third-order valence-electron chi connectivity index (χ3n) is 4.69. The highest BCUT2D eigenvalue weighted by molar-refractivity contribution is 9.10. The van der Waals surface area contributed by atoms with E-state index in [9.17, 15) is 9.59 Å². The van der Waals surface area contributed by atoms with E-state index in [1.54, 1.807) is 18.2 Å². The molecule has 0 unspecified atom stereocenters. The SMILES string of the molecule is O=C1S/C(=C\c2ccc(OCc3ccc(Br)cc3)c(Cl)c2)C(=O)N1Cc1ccc(Br)cc1. The average Bonchev–Trinajstić information content (AvgIpc) is 3.03. The first-order valence-electron chi connectivity index (χ1n) is 9.55. The third-order valence-corrected chi connectivity index (χ3v) is 6.95. The Hall–Kier alpha value is -2.06. The normalized spacial score (nSPS) is 15.0. The Labute approximate surface area is 211 Å². The number of hydrogen-bond acceptors (Lipinski definition) is 4. The number of amides is 2. The Morgan fingerprint density at radius 1 is 0.906 bits per heavy atom. The molecule has 2 amide bonds. The minimum absolute atomic E-state index is 0.235. The number of rotatable bonds is 6. The molecule has 1 aliphatic rings. The van der Waals surface area contributed by atoms with Gasteiger partial charge < -0.3 is 4.74 Å². The fourth-order valence-electron chi connectivity index (χ4n) is 3.03. The van der Waals surface area contributed by atoms with Crippen LogP contribution in [-0.2, 0) is 17.9 Å². The van der Waals surface area contributed by atoms with Crippen molar-refractivity contribution in [1.29, 1.82) is 0 Å². The highest BCUT2D eigenvalue weighted by Crippen LogP contribution is 2.35. The van der Waals surface area contributed by atoms with Gasteiger partial charge in [-0.05, 0) is 70.9 Å². The van der Waals surface area contributed by atoms with Crippen LogP contribution < -0.4 is 4.74 Å². The van der Waals surface area contributed by atoms with E-state index in [0.29, 0.717) is 22.3 Å². The van der Waals surface area contributed by atoms with Gasteiger partial charge >= 0.3 is 0 Å². The summed E-state index contributed by atoms with van der Waals surface area (Å²) in [6, 6.07) is 20.7. The number of nitrogens with zero attached hydrogens (tertiary/aromatic N) is 1. The van der Waals surface area contributed by atoms with E-state index in [1.807, 2.05) is 54.6 Å². The van der Waals surface area contributed by atoms with Crippen LogP contribution in [0, 0.1) is 0 Å². The molecule has 4 rings (SSSR count). The van der Waals surface area contributed by atoms with Crippen molar-refractivity contribution in [2.45, 2.75) is 13.2 Å². The molecule has 1 heterocycles. The summed E-state index contributed by atoms with van der Waals surface area (Å²) in [7, 11) is 0. The van der Waals surface area contributed by atoms with Crippen LogP contribution in [0.1, 0.15) is 16.7 Å². The van der Waals surface area contributed by atoms with E-state index in [1.165, 1.54) is 4.90 Å². The van der Waals surface area contributed by atoms with Crippen LogP contribution in [0.3, 0.4) is 0 Å². The van der Waals surface area contributed by atoms with Crippen LogP contribution >= 0.6 is 55.2 Å². The Morgan fingerprint density at radius 3 is 2.16 bits per heavy atom. The number of imide groups is 1. The first kappa shape index (κ1) is 23.1. The fraction of sp³-hybridized carbons (Fsp3) is 0.0833. The third kappa shape index (κ3) is 5.64. The van der Waals surface area contributed by atoms with Gasteiger partial charge in [0.25, 0.3) is 11.1 Å². The molecule has 162 valence electrons. The molecule has 0 aliphatic carbocycles. The second-order valence-electron chi connectivity index (χ2n) is 7.00. The quantitative estimate of drug-likeness (QED) is 0.275. The number of benzene rings is 3. The van der Waals surface area contributed by atoms with E-state index in [-0.39, 0.29) is 17.7 Å². The molecule has 0 radical (unpaired) electrons. The molecule has 0 N–H and O–H groups in total. The maximum Gasteiger partial charge on any atom is 0.293 e. The van der Waals surface area contributed by atoms with Crippen molar-refractivity contribution in [2.75, 3.05) is 0 Å². The number of thioether (sulfide) groups is 1. The summed E-state index contributed by atoms with van der Waals surface area (Å²) in [6.07, 6.45) is 1.68. The summed E-state index contributed by atoms with van der Waals surface area (Å²) in [5.74, 6) is 0.240. The lowest BCUT2D eigenvalue weighted by atomic mass is 10.2. The van der Waals surface area contributed by atoms with Gasteiger partial charge in [-0.3, -0.25) is 14.5 Å². The molecule has 1 saturated heterocycles. The van der Waals surface area contributed by atoms with Gasteiger partial charge in [0.15, 0.2) is 0 Å². The molecule has 0 atom stereocenters. The lowest BCUT2D eigenvalue weighted by Gasteiger charge is -2.12. The van der Waals surface area contributed by atoms with Crippen molar-refractivity contribution in [3.8, 4) is 5.75 Å². The van der Waals surface area contributed by atoms with Crippen molar-refractivity contribution in [3.63, 3.8) is 0 Å². The highest BCUT2D eigenvalue weighted by Gasteiger charge is 2.35. The Balaban J connectivity index is 1.44. The van der Waals surface area contributed by atoms with Gasteiger partial charge in [-0.25, -0.2) is 0 Å². The maximum atomic E-state index is 12.8. The van der Waals surface area contributed by atoms with Gasteiger partial charge in [0, 0.05) is 8.95 Å². The lowest BCUT2D eigenvalue weighted by molar-refractivity contribution is -0.123. The van der Waals surface area contributed by atoms with Gasteiger partial charge in [-0.1, -0.05) is 73.8 Å². The van der Waals surface area contributed by atoms with Crippen molar-refractivity contribution >= 4 is 72.4 Å². The second kappa shape index (κ2) is 10.3. The zero-order valence-electron chi connectivity index (χ0n) is 16.6. The van der Waals surface area contributed by atoms with Crippen LogP contribution in [-0.4, -0.2) is 16.0 Å². The smallest absolute Gasteiger partial charge is 0.293 e. The highest BCUT2D eigenvalue weighted by atomic mass is 79.9. The molecule has 0 saturated carbocycles. The lowest BCUT2D eigenvalue weighted by Crippen LogP contribution is -2.27. The number of hydrogen-bond donors (Lipinski definition) is 0. The molecule has 4 nitrogen and oxygen atoms in total. The minimum atomic E-state index is -0.311. The molecule has 3 aromatic rings. The van der Waals surface area contributed by atoms with Crippen LogP contribution in [0.5, 0.6) is 5.75 Å². The monoisotopic (exact) mass is 591 g/mol. The summed E-state index contributed by atoms with van der Waals surface area (Å²) in [4.78, 5) is 26.8. The summed E-state index contributed by atoms with van der Waals surface area (Å²) >= 11 is 14.1. The van der Waals surface area contributed by atoms with E-state index < -0.39 is 0 Å². The van der Waals surface area contributed by atoms with Gasteiger partial charge in [0.1, 0.15) is 12.4 Å². The molecule has 3 aromatic carbocycles. The molecule has 8 heteroatoms.